The highest BCUT2D eigenvalue weighted by atomic mass is 32.1. The minimum absolute atomic E-state index is 0.120. The summed E-state index contributed by atoms with van der Waals surface area (Å²) < 4.78 is 20.6. The van der Waals surface area contributed by atoms with Crippen LogP contribution in [0.4, 0.5) is 9.52 Å². The van der Waals surface area contributed by atoms with Gasteiger partial charge in [-0.25, -0.2) is 9.37 Å². The lowest BCUT2D eigenvalue weighted by Gasteiger charge is -2.26. The van der Waals surface area contributed by atoms with Gasteiger partial charge < -0.3 is 10.1 Å². The molecule has 8 heteroatoms. The van der Waals surface area contributed by atoms with Crippen LogP contribution in [0.1, 0.15) is 37.1 Å². The second kappa shape index (κ2) is 6.44. The normalized spacial score (nSPS) is 16.5. The molecular weight excluding hydrogens is 343 g/mol. The zero-order valence-corrected chi connectivity index (χ0v) is 14.5. The first-order chi connectivity index (χ1) is 12.2. The molecule has 1 atom stereocenters. The number of halogens is 1. The van der Waals surface area contributed by atoms with Crippen LogP contribution < -0.4 is 15.6 Å². The van der Waals surface area contributed by atoms with E-state index in [1.807, 2.05) is 13.0 Å². The molecule has 3 heterocycles. The second-order valence-electron chi connectivity index (χ2n) is 5.93. The first-order valence-corrected chi connectivity index (χ1v) is 9.05. The van der Waals surface area contributed by atoms with Crippen molar-refractivity contribution in [2.24, 2.45) is 0 Å². The van der Waals surface area contributed by atoms with Crippen molar-refractivity contribution >= 4 is 21.4 Å². The van der Waals surface area contributed by atoms with Gasteiger partial charge in [0, 0.05) is 23.7 Å². The molecule has 4 rings (SSSR count). The molecule has 0 spiro atoms. The lowest BCUT2D eigenvalue weighted by atomic mass is 10.0. The van der Waals surface area contributed by atoms with Gasteiger partial charge in [0.2, 0.25) is 10.1 Å². The Morgan fingerprint density at radius 1 is 1.48 bits per heavy atom. The van der Waals surface area contributed by atoms with Gasteiger partial charge >= 0.3 is 0 Å². The van der Waals surface area contributed by atoms with Gasteiger partial charge in [-0.1, -0.05) is 36.8 Å². The van der Waals surface area contributed by atoms with Crippen molar-refractivity contribution in [1.29, 1.82) is 0 Å². The van der Waals surface area contributed by atoms with E-state index < -0.39 is 0 Å². The Labute approximate surface area is 147 Å². The molecule has 130 valence electrons. The van der Waals surface area contributed by atoms with Crippen molar-refractivity contribution in [3.63, 3.8) is 0 Å². The third-order valence-corrected chi connectivity index (χ3v) is 4.97. The number of fused-ring (bicyclic) bond motifs is 2. The van der Waals surface area contributed by atoms with Gasteiger partial charge in [0.15, 0.2) is 11.6 Å². The van der Waals surface area contributed by atoms with E-state index in [0.717, 1.165) is 24.1 Å². The predicted molar refractivity (Wildman–Crippen MR) is 94.0 cm³/mol. The number of para-hydroxylation sites is 1. The molecular formula is C17H17FN4O2S. The maximum atomic E-state index is 13.9. The highest BCUT2D eigenvalue weighted by molar-refractivity contribution is 7.20. The number of hydrogen-bond donors (Lipinski definition) is 1. The van der Waals surface area contributed by atoms with E-state index >= 15 is 0 Å². The minimum Gasteiger partial charge on any atom is -0.490 e. The zero-order valence-electron chi connectivity index (χ0n) is 13.7. The molecule has 1 aliphatic heterocycles. The molecule has 1 aliphatic rings. The largest absolute Gasteiger partial charge is 0.490 e. The minimum atomic E-state index is -0.365. The summed E-state index contributed by atoms with van der Waals surface area (Å²) >= 11 is 1.32. The molecule has 0 amide bonds. The molecule has 0 bridgehead atoms. The summed E-state index contributed by atoms with van der Waals surface area (Å²) in [5, 5.41) is 8.19. The van der Waals surface area contributed by atoms with Crippen LogP contribution in [0.15, 0.2) is 29.1 Å². The first kappa shape index (κ1) is 16.0. The molecule has 0 radical (unpaired) electrons. The molecule has 1 N–H and O–H groups in total. The van der Waals surface area contributed by atoms with E-state index in [4.69, 9.17) is 4.74 Å². The Bertz CT molecular complexity index is 984. The molecule has 0 fully saturated rings. The van der Waals surface area contributed by atoms with Crippen molar-refractivity contribution in [2.45, 2.75) is 32.2 Å². The van der Waals surface area contributed by atoms with Crippen molar-refractivity contribution in [3.8, 4) is 5.75 Å². The van der Waals surface area contributed by atoms with Crippen LogP contribution >= 0.6 is 11.3 Å². The third-order valence-electron chi connectivity index (χ3n) is 4.13. The van der Waals surface area contributed by atoms with Crippen LogP contribution in [0.2, 0.25) is 0 Å². The fourth-order valence-electron chi connectivity index (χ4n) is 2.98. The van der Waals surface area contributed by atoms with Gasteiger partial charge in [-0.15, -0.1) is 5.10 Å². The number of rotatable bonds is 4. The Morgan fingerprint density at radius 2 is 2.36 bits per heavy atom. The van der Waals surface area contributed by atoms with Crippen molar-refractivity contribution < 1.29 is 9.13 Å². The molecule has 0 saturated carbocycles. The maximum absolute atomic E-state index is 13.9. The predicted octanol–water partition coefficient (Wildman–Crippen LogP) is 3.18. The van der Waals surface area contributed by atoms with Crippen molar-refractivity contribution in [2.75, 3.05) is 11.9 Å². The summed E-state index contributed by atoms with van der Waals surface area (Å²) in [5.41, 5.74) is 1.36. The smallest absolute Gasteiger partial charge is 0.275 e. The molecule has 2 aromatic heterocycles. The first-order valence-electron chi connectivity index (χ1n) is 8.23. The molecule has 0 saturated heterocycles. The SMILES string of the molecule is CCCc1cc(=O)n2nc(N[C@H]3CCOc4c(F)cccc43)sc2n1. The van der Waals surface area contributed by atoms with Gasteiger partial charge in [0.25, 0.3) is 5.56 Å². The summed E-state index contributed by atoms with van der Waals surface area (Å²) in [6, 6.07) is 6.30. The van der Waals surface area contributed by atoms with Crippen LogP contribution in [0.3, 0.4) is 0 Å². The van der Waals surface area contributed by atoms with Gasteiger partial charge in [-0.3, -0.25) is 4.79 Å². The molecule has 3 aromatic rings. The highest BCUT2D eigenvalue weighted by Gasteiger charge is 2.25. The monoisotopic (exact) mass is 360 g/mol. The van der Waals surface area contributed by atoms with Gasteiger partial charge in [0.1, 0.15) is 0 Å². The quantitative estimate of drug-likeness (QED) is 0.774. The average Bonchev–Trinajstić information content (AvgIpc) is 2.99. The van der Waals surface area contributed by atoms with Crippen LogP contribution in [-0.2, 0) is 6.42 Å². The lowest BCUT2D eigenvalue weighted by Crippen LogP contribution is -2.21. The van der Waals surface area contributed by atoms with Crippen molar-refractivity contribution in [3.05, 3.63) is 51.7 Å². The number of benzene rings is 1. The fraction of sp³-hybridized carbons (Fsp3) is 0.353. The average molecular weight is 360 g/mol. The summed E-state index contributed by atoms with van der Waals surface area (Å²) in [5.74, 6) is -0.0803. The van der Waals surface area contributed by atoms with E-state index in [-0.39, 0.29) is 23.2 Å². The topological polar surface area (TPSA) is 68.5 Å². The van der Waals surface area contributed by atoms with E-state index in [0.29, 0.717) is 23.1 Å². The number of aryl methyl sites for hydroxylation is 1. The Morgan fingerprint density at radius 3 is 3.20 bits per heavy atom. The molecule has 1 aromatic carbocycles. The number of nitrogens with zero attached hydrogens (tertiary/aromatic N) is 3. The number of aromatic nitrogens is 3. The van der Waals surface area contributed by atoms with Crippen LogP contribution in [0, 0.1) is 5.82 Å². The lowest BCUT2D eigenvalue weighted by molar-refractivity contribution is 0.260. The Balaban J connectivity index is 1.67. The molecule has 0 aliphatic carbocycles. The maximum Gasteiger partial charge on any atom is 0.275 e. The van der Waals surface area contributed by atoms with Crippen LogP contribution in [0.25, 0.3) is 4.96 Å². The Kier molecular flexibility index (Phi) is 4.12. The highest BCUT2D eigenvalue weighted by Crippen LogP contribution is 2.36. The third kappa shape index (κ3) is 2.97. The second-order valence-corrected chi connectivity index (χ2v) is 6.89. The standard InChI is InChI=1S/C17H17FN4O2S/c1-2-4-10-9-14(23)22-17(19-10)25-16(21-22)20-13-7-8-24-15-11(13)5-3-6-12(15)18/h3,5-6,9,13H,2,4,7-8H2,1H3,(H,20,21)/t13-/m0/s1. The van der Waals surface area contributed by atoms with Gasteiger partial charge in [0.05, 0.1) is 12.6 Å². The fourth-order valence-corrected chi connectivity index (χ4v) is 3.86. The van der Waals surface area contributed by atoms with E-state index in [2.05, 4.69) is 15.4 Å². The number of ether oxygens (including phenoxy) is 1. The van der Waals surface area contributed by atoms with Gasteiger partial charge in [-0.2, -0.15) is 4.52 Å². The van der Waals surface area contributed by atoms with Crippen LogP contribution in [0.5, 0.6) is 5.75 Å². The molecule has 25 heavy (non-hydrogen) atoms. The van der Waals surface area contributed by atoms with E-state index in [1.54, 1.807) is 6.07 Å². The Hall–Kier alpha value is -2.48. The zero-order chi connectivity index (χ0) is 17.4. The van der Waals surface area contributed by atoms with Crippen molar-refractivity contribution in [1.82, 2.24) is 14.6 Å². The molecule has 6 nitrogen and oxygen atoms in total. The summed E-state index contributed by atoms with van der Waals surface area (Å²) in [4.78, 5) is 17.2. The van der Waals surface area contributed by atoms with E-state index in [9.17, 15) is 9.18 Å². The van der Waals surface area contributed by atoms with Gasteiger partial charge in [-0.05, 0) is 12.5 Å². The number of anilines is 1. The summed E-state index contributed by atoms with van der Waals surface area (Å²) in [6.45, 7) is 2.47. The summed E-state index contributed by atoms with van der Waals surface area (Å²) in [6.07, 6.45) is 2.38. The van der Waals surface area contributed by atoms with Crippen LogP contribution in [-0.4, -0.2) is 21.2 Å². The number of hydrogen-bond acceptors (Lipinski definition) is 6. The summed E-state index contributed by atoms with van der Waals surface area (Å²) in [7, 11) is 0. The number of nitrogens with one attached hydrogen (secondary N) is 1. The molecule has 0 unspecified atom stereocenters. The van der Waals surface area contributed by atoms with E-state index in [1.165, 1.54) is 28.0 Å².